The number of halogens is 4. The SMILES string of the molecule is COc1c(I)cnc(OC(F)(F)F)c1C. The van der Waals surface area contributed by atoms with E-state index in [1.807, 2.05) is 22.6 Å². The standard InChI is InChI=1S/C8H7F3INO2/c1-4-6(14-2)5(12)3-13-7(4)15-8(9,10)11/h3H,1-2H3. The van der Waals surface area contributed by atoms with E-state index in [1.54, 1.807) is 0 Å². The molecule has 0 N–H and O–H groups in total. The topological polar surface area (TPSA) is 31.4 Å². The first-order valence-corrected chi connectivity index (χ1v) is 4.88. The third kappa shape index (κ3) is 3.11. The average molecular weight is 333 g/mol. The van der Waals surface area contributed by atoms with Gasteiger partial charge in [0.2, 0.25) is 5.88 Å². The Labute approximate surface area is 97.7 Å². The zero-order valence-electron chi connectivity index (χ0n) is 7.85. The summed E-state index contributed by atoms with van der Waals surface area (Å²) in [5, 5.41) is 0. The van der Waals surface area contributed by atoms with Crippen LogP contribution in [-0.4, -0.2) is 18.5 Å². The Bertz CT molecular complexity index is 368. The van der Waals surface area contributed by atoms with Gasteiger partial charge in [0.05, 0.1) is 16.2 Å². The van der Waals surface area contributed by atoms with Crippen LogP contribution in [0.25, 0.3) is 0 Å². The van der Waals surface area contributed by atoms with Crippen LogP contribution in [0.1, 0.15) is 5.56 Å². The summed E-state index contributed by atoms with van der Waals surface area (Å²) in [4.78, 5) is 3.54. The van der Waals surface area contributed by atoms with E-state index < -0.39 is 12.2 Å². The molecule has 3 nitrogen and oxygen atoms in total. The van der Waals surface area contributed by atoms with Gasteiger partial charge in [0.1, 0.15) is 5.75 Å². The second-order valence-corrected chi connectivity index (χ2v) is 3.78. The monoisotopic (exact) mass is 333 g/mol. The van der Waals surface area contributed by atoms with Crippen molar-refractivity contribution in [2.75, 3.05) is 7.11 Å². The van der Waals surface area contributed by atoms with E-state index in [9.17, 15) is 13.2 Å². The Morgan fingerprint density at radius 2 is 2.00 bits per heavy atom. The van der Waals surface area contributed by atoms with Crippen molar-refractivity contribution in [3.63, 3.8) is 0 Å². The minimum Gasteiger partial charge on any atom is -0.495 e. The van der Waals surface area contributed by atoms with Gasteiger partial charge < -0.3 is 9.47 Å². The minimum atomic E-state index is -4.74. The van der Waals surface area contributed by atoms with Crippen LogP contribution < -0.4 is 9.47 Å². The maximum Gasteiger partial charge on any atom is 0.574 e. The summed E-state index contributed by atoms with van der Waals surface area (Å²) in [5.74, 6) is -0.149. The van der Waals surface area contributed by atoms with Crippen molar-refractivity contribution < 1.29 is 22.6 Å². The van der Waals surface area contributed by atoms with Crippen molar-refractivity contribution in [2.45, 2.75) is 13.3 Å². The van der Waals surface area contributed by atoms with Crippen molar-refractivity contribution in [1.82, 2.24) is 4.98 Å². The molecule has 1 aromatic heterocycles. The maximum atomic E-state index is 12.0. The Kier molecular flexibility index (Phi) is 3.63. The first-order chi connectivity index (χ1) is 6.85. The summed E-state index contributed by atoms with van der Waals surface area (Å²) >= 11 is 1.92. The zero-order valence-corrected chi connectivity index (χ0v) is 10.0. The lowest BCUT2D eigenvalue weighted by Crippen LogP contribution is -2.19. The molecule has 0 radical (unpaired) electrons. The lowest BCUT2D eigenvalue weighted by molar-refractivity contribution is -0.276. The normalized spacial score (nSPS) is 11.3. The second kappa shape index (κ2) is 4.42. The Balaban J connectivity index is 3.11. The van der Waals surface area contributed by atoms with Crippen LogP contribution in [0.3, 0.4) is 0 Å². The van der Waals surface area contributed by atoms with Gasteiger partial charge in [0.15, 0.2) is 0 Å². The van der Waals surface area contributed by atoms with Crippen LogP contribution >= 0.6 is 22.6 Å². The van der Waals surface area contributed by atoms with Gasteiger partial charge in [0, 0.05) is 6.20 Å². The first-order valence-electron chi connectivity index (χ1n) is 3.80. The van der Waals surface area contributed by atoms with Gasteiger partial charge in [-0.1, -0.05) is 0 Å². The predicted octanol–water partition coefficient (Wildman–Crippen LogP) is 2.90. The summed E-state index contributed by atoms with van der Waals surface area (Å²) in [6, 6.07) is 0. The third-order valence-corrected chi connectivity index (χ3v) is 2.36. The average Bonchev–Trinajstić information content (AvgIpc) is 2.09. The number of hydrogen-bond acceptors (Lipinski definition) is 3. The van der Waals surface area contributed by atoms with Gasteiger partial charge in [-0.15, -0.1) is 13.2 Å². The zero-order chi connectivity index (χ0) is 11.6. The number of hydrogen-bond donors (Lipinski definition) is 0. The molecule has 1 rings (SSSR count). The Morgan fingerprint density at radius 3 is 2.47 bits per heavy atom. The van der Waals surface area contributed by atoms with E-state index in [2.05, 4.69) is 9.72 Å². The number of methoxy groups -OCH3 is 1. The number of rotatable bonds is 2. The number of nitrogens with zero attached hydrogens (tertiary/aromatic N) is 1. The van der Waals surface area contributed by atoms with E-state index in [-0.39, 0.29) is 5.56 Å². The molecule has 1 heterocycles. The Hall–Kier alpha value is -0.730. The van der Waals surface area contributed by atoms with Gasteiger partial charge in [-0.05, 0) is 29.5 Å². The quantitative estimate of drug-likeness (QED) is 0.780. The van der Waals surface area contributed by atoms with Crippen molar-refractivity contribution in [3.8, 4) is 11.6 Å². The first kappa shape index (κ1) is 12.3. The van der Waals surface area contributed by atoms with E-state index in [0.29, 0.717) is 9.32 Å². The highest BCUT2D eigenvalue weighted by Gasteiger charge is 2.33. The van der Waals surface area contributed by atoms with E-state index in [0.717, 1.165) is 0 Å². The molecule has 0 spiro atoms. The van der Waals surface area contributed by atoms with Gasteiger partial charge in [0.25, 0.3) is 0 Å². The molecule has 0 fully saturated rings. The smallest absolute Gasteiger partial charge is 0.495 e. The van der Waals surface area contributed by atoms with E-state index >= 15 is 0 Å². The summed E-state index contributed by atoms with van der Waals surface area (Å²) < 4.78 is 45.2. The highest BCUT2D eigenvalue weighted by atomic mass is 127. The van der Waals surface area contributed by atoms with Crippen LogP contribution in [0.2, 0.25) is 0 Å². The molecule has 0 aliphatic heterocycles. The Morgan fingerprint density at radius 1 is 1.40 bits per heavy atom. The van der Waals surface area contributed by atoms with Gasteiger partial charge in [-0.25, -0.2) is 4.98 Å². The minimum absolute atomic E-state index is 0.224. The molecule has 0 amide bonds. The molecule has 0 saturated heterocycles. The molecule has 0 aliphatic carbocycles. The largest absolute Gasteiger partial charge is 0.574 e. The number of ether oxygens (including phenoxy) is 2. The van der Waals surface area contributed by atoms with Gasteiger partial charge in [-0.2, -0.15) is 0 Å². The van der Waals surface area contributed by atoms with Crippen LogP contribution in [-0.2, 0) is 0 Å². The maximum absolute atomic E-state index is 12.0. The summed E-state index contributed by atoms with van der Waals surface area (Å²) in [6.07, 6.45) is -3.48. The van der Waals surface area contributed by atoms with Gasteiger partial charge >= 0.3 is 6.36 Å². The molecular formula is C8H7F3INO2. The van der Waals surface area contributed by atoms with E-state index in [4.69, 9.17) is 4.74 Å². The van der Waals surface area contributed by atoms with Crippen LogP contribution in [0, 0.1) is 10.5 Å². The summed E-state index contributed by atoms with van der Waals surface area (Å²) in [7, 11) is 1.38. The molecule has 0 bridgehead atoms. The van der Waals surface area contributed by atoms with Gasteiger partial charge in [-0.3, -0.25) is 0 Å². The van der Waals surface area contributed by atoms with Crippen LogP contribution in [0.5, 0.6) is 11.6 Å². The molecule has 84 valence electrons. The summed E-state index contributed by atoms with van der Waals surface area (Å²) in [6.45, 7) is 1.45. The molecule has 15 heavy (non-hydrogen) atoms. The third-order valence-electron chi connectivity index (χ3n) is 1.59. The second-order valence-electron chi connectivity index (χ2n) is 2.62. The fourth-order valence-corrected chi connectivity index (χ4v) is 1.77. The number of pyridine rings is 1. The molecule has 7 heteroatoms. The lowest BCUT2D eigenvalue weighted by atomic mass is 10.3. The fraction of sp³-hybridized carbons (Fsp3) is 0.375. The molecule has 0 atom stereocenters. The van der Waals surface area contributed by atoms with E-state index in [1.165, 1.54) is 20.2 Å². The van der Waals surface area contributed by atoms with Crippen LogP contribution in [0.4, 0.5) is 13.2 Å². The number of alkyl halides is 3. The summed E-state index contributed by atoms with van der Waals surface area (Å²) in [5.41, 5.74) is 0.224. The van der Waals surface area contributed by atoms with Crippen molar-refractivity contribution in [3.05, 3.63) is 15.3 Å². The van der Waals surface area contributed by atoms with Crippen molar-refractivity contribution in [1.29, 1.82) is 0 Å². The molecule has 0 unspecified atom stereocenters. The van der Waals surface area contributed by atoms with Crippen molar-refractivity contribution in [2.24, 2.45) is 0 Å². The molecule has 0 aromatic carbocycles. The molecular weight excluding hydrogens is 326 g/mol. The molecule has 0 saturated carbocycles. The predicted molar refractivity (Wildman–Crippen MR) is 54.9 cm³/mol. The lowest BCUT2D eigenvalue weighted by Gasteiger charge is -2.13. The molecule has 1 aromatic rings. The molecule has 0 aliphatic rings. The van der Waals surface area contributed by atoms with Crippen LogP contribution in [0.15, 0.2) is 6.20 Å². The highest BCUT2D eigenvalue weighted by molar-refractivity contribution is 14.1. The fourth-order valence-electron chi connectivity index (χ4n) is 1.01. The number of aromatic nitrogens is 1. The van der Waals surface area contributed by atoms with Crippen molar-refractivity contribution >= 4 is 22.6 Å². The highest BCUT2D eigenvalue weighted by Crippen LogP contribution is 2.32.